The van der Waals surface area contributed by atoms with Gasteiger partial charge in [0.05, 0.1) is 22.5 Å². The molecule has 1 aliphatic heterocycles. The number of benzene rings is 9. The number of rotatable bonds is 5. The van der Waals surface area contributed by atoms with Crippen molar-refractivity contribution in [3.63, 3.8) is 0 Å². The fraction of sp³-hybridized carbons (Fsp3) is 0.0690. The van der Waals surface area contributed by atoms with Gasteiger partial charge in [-0.05, 0) is 111 Å². The summed E-state index contributed by atoms with van der Waals surface area (Å²) in [5.41, 5.74) is 20.7. The van der Waals surface area contributed by atoms with Crippen molar-refractivity contribution in [2.75, 3.05) is 9.80 Å². The Morgan fingerprint density at radius 3 is 1.85 bits per heavy atom. The van der Waals surface area contributed by atoms with Gasteiger partial charge in [-0.2, -0.15) is 0 Å². The first-order valence-corrected chi connectivity index (χ1v) is 21.3. The molecule has 0 N–H and O–H groups in total. The molecule has 13 rings (SSSR count). The van der Waals surface area contributed by atoms with Crippen molar-refractivity contribution in [3.05, 3.63) is 240 Å². The normalized spacial score (nSPS) is 16.2. The quantitative estimate of drug-likeness (QED) is 0.173. The first-order valence-electron chi connectivity index (χ1n) is 21.3. The first-order chi connectivity index (χ1) is 30.0. The van der Waals surface area contributed by atoms with Crippen LogP contribution in [0.2, 0.25) is 0 Å². The van der Waals surface area contributed by atoms with Crippen molar-refractivity contribution in [3.8, 4) is 22.3 Å². The molecule has 0 saturated heterocycles. The van der Waals surface area contributed by atoms with E-state index in [1.54, 1.807) is 0 Å². The highest BCUT2D eigenvalue weighted by atomic mass is 16.3. The lowest BCUT2D eigenvalue weighted by Gasteiger charge is -2.44. The molecule has 0 bridgehead atoms. The molecule has 3 heteroatoms. The largest absolute Gasteiger partial charge is 0.454 e. The van der Waals surface area contributed by atoms with Crippen LogP contribution < -0.4 is 9.80 Å². The predicted molar refractivity (Wildman–Crippen MR) is 252 cm³/mol. The minimum atomic E-state index is -0.584. The Balaban J connectivity index is 1.11. The van der Waals surface area contributed by atoms with E-state index >= 15 is 0 Å². The second-order valence-electron chi connectivity index (χ2n) is 17.2. The number of para-hydroxylation sites is 4. The van der Waals surface area contributed by atoms with Crippen LogP contribution in [0, 0.1) is 0 Å². The minimum absolute atomic E-state index is 0.164. The molecule has 3 aliphatic rings. The molecular weight excluding hydrogens is 741 g/mol. The molecule has 0 fully saturated rings. The number of hydrogen-bond donors (Lipinski definition) is 0. The van der Waals surface area contributed by atoms with Crippen LogP contribution in [-0.2, 0) is 10.8 Å². The van der Waals surface area contributed by atoms with Gasteiger partial charge in [0.1, 0.15) is 5.58 Å². The highest BCUT2D eigenvalue weighted by Gasteiger charge is 2.52. The van der Waals surface area contributed by atoms with Crippen LogP contribution in [0.4, 0.5) is 34.1 Å². The monoisotopic (exact) mass is 780 g/mol. The molecule has 1 aromatic heterocycles. The van der Waals surface area contributed by atoms with Gasteiger partial charge in [-0.1, -0.05) is 159 Å². The van der Waals surface area contributed by atoms with E-state index in [0.29, 0.717) is 0 Å². The van der Waals surface area contributed by atoms with Gasteiger partial charge in [-0.25, -0.2) is 0 Å². The van der Waals surface area contributed by atoms with Gasteiger partial charge in [0.25, 0.3) is 0 Å². The molecule has 1 atom stereocenters. The van der Waals surface area contributed by atoms with Crippen LogP contribution in [0.1, 0.15) is 47.2 Å². The van der Waals surface area contributed by atoms with E-state index in [0.717, 1.165) is 44.7 Å². The molecule has 288 valence electrons. The van der Waals surface area contributed by atoms with E-state index in [2.05, 4.69) is 230 Å². The van der Waals surface area contributed by atoms with Gasteiger partial charge < -0.3 is 14.2 Å². The van der Waals surface area contributed by atoms with E-state index in [9.17, 15) is 0 Å². The topological polar surface area (TPSA) is 19.6 Å². The molecular formula is C58H40N2O. The third-order valence-electron chi connectivity index (χ3n) is 13.8. The molecule has 0 saturated carbocycles. The average Bonchev–Trinajstić information content (AvgIpc) is 3.92. The lowest BCUT2D eigenvalue weighted by molar-refractivity contribution is 0.660. The first kappa shape index (κ1) is 34.3. The zero-order valence-corrected chi connectivity index (χ0v) is 33.9. The Bertz CT molecular complexity index is 3420. The highest BCUT2D eigenvalue weighted by molar-refractivity contribution is 6.10. The molecule has 0 amide bonds. The summed E-state index contributed by atoms with van der Waals surface area (Å²) in [5.74, 6) is 0. The van der Waals surface area contributed by atoms with Gasteiger partial charge in [0, 0.05) is 38.8 Å². The second-order valence-corrected chi connectivity index (χ2v) is 17.2. The maximum atomic E-state index is 6.84. The number of fused-ring (bicyclic) bond motifs is 11. The van der Waals surface area contributed by atoms with Crippen LogP contribution >= 0.6 is 0 Å². The Morgan fingerprint density at radius 1 is 0.443 bits per heavy atom. The van der Waals surface area contributed by atoms with E-state index in [1.165, 1.54) is 67.0 Å². The van der Waals surface area contributed by atoms with Crippen molar-refractivity contribution in [2.45, 2.75) is 24.7 Å². The van der Waals surface area contributed by atoms with Crippen LogP contribution in [0.5, 0.6) is 0 Å². The van der Waals surface area contributed by atoms with E-state index in [1.807, 2.05) is 0 Å². The molecule has 61 heavy (non-hydrogen) atoms. The van der Waals surface area contributed by atoms with Gasteiger partial charge in [-0.3, -0.25) is 0 Å². The summed E-state index contributed by atoms with van der Waals surface area (Å²) in [6, 6.07) is 76.0. The van der Waals surface area contributed by atoms with Crippen LogP contribution in [0.15, 0.2) is 211 Å². The third-order valence-corrected chi connectivity index (χ3v) is 13.8. The van der Waals surface area contributed by atoms with Crippen LogP contribution in [0.3, 0.4) is 0 Å². The highest BCUT2D eigenvalue weighted by Crippen LogP contribution is 2.65. The molecule has 10 aromatic rings. The summed E-state index contributed by atoms with van der Waals surface area (Å²) in [7, 11) is 0. The molecule has 0 spiro atoms. The van der Waals surface area contributed by atoms with E-state index in [-0.39, 0.29) is 5.41 Å². The fourth-order valence-corrected chi connectivity index (χ4v) is 11.3. The van der Waals surface area contributed by atoms with Gasteiger partial charge in [0.2, 0.25) is 0 Å². The van der Waals surface area contributed by atoms with E-state index < -0.39 is 5.41 Å². The Labute approximate surface area is 355 Å². The van der Waals surface area contributed by atoms with Gasteiger partial charge >= 0.3 is 0 Å². The van der Waals surface area contributed by atoms with Crippen molar-refractivity contribution < 1.29 is 4.42 Å². The zero-order valence-electron chi connectivity index (χ0n) is 33.9. The summed E-state index contributed by atoms with van der Waals surface area (Å²) in [6.45, 7) is 4.72. The molecule has 2 heterocycles. The lowest BCUT2D eigenvalue weighted by Crippen LogP contribution is -2.36. The smallest absolute Gasteiger partial charge is 0.159 e. The number of nitrogens with zero attached hydrogens (tertiary/aromatic N) is 2. The van der Waals surface area contributed by atoms with Gasteiger partial charge in [0.15, 0.2) is 5.58 Å². The Hall–Kier alpha value is -7.62. The minimum Gasteiger partial charge on any atom is -0.454 e. The second kappa shape index (κ2) is 12.5. The molecule has 1 unspecified atom stereocenters. The number of hydrogen-bond acceptors (Lipinski definition) is 3. The zero-order chi connectivity index (χ0) is 40.5. The fourth-order valence-electron chi connectivity index (χ4n) is 11.3. The van der Waals surface area contributed by atoms with Crippen molar-refractivity contribution in [1.82, 2.24) is 0 Å². The SMILES string of the molecule is CC1(C)c2ccccc2-c2ccc(N(c3ccc4c(c3)C3(c5ccccc5)c5ccccc5N(c5ccccc5)c5cccc-4c53)c3cccc4c3oc3ccccc34)cc21. The summed E-state index contributed by atoms with van der Waals surface area (Å²) in [5, 5.41) is 2.22. The summed E-state index contributed by atoms with van der Waals surface area (Å²) in [6.07, 6.45) is 0. The lowest BCUT2D eigenvalue weighted by atomic mass is 9.65. The molecule has 9 aromatic carbocycles. The van der Waals surface area contributed by atoms with Crippen molar-refractivity contribution in [2.24, 2.45) is 0 Å². The maximum absolute atomic E-state index is 6.84. The van der Waals surface area contributed by atoms with Crippen LogP contribution in [0.25, 0.3) is 44.2 Å². The average molecular weight is 781 g/mol. The van der Waals surface area contributed by atoms with Gasteiger partial charge in [-0.15, -0.1) is 0 Å². The van der Waals surface area contributed by atoms with E-state index in [4.69, 9.17) is 4.42 Å². The standard InChI is InChI=1S/C58H40N2O/c1-57(2)47-25-11-9-21-41(47)42-33-31-39(35-49(42)57)59(53-29-16-24-46-44-22-10-14-30-54(44)61-56(46)53)40-32-34-43-45-23-15-28-52-55(45)58(50(43)36-40,37-17-5-3-6-18-37)48-26-12-13-27-51(48)60(52)38-19-7-4-8-20-38/h3-36H,1-2H3. The predicted octanol–water partition coefficient (Wildman–Crippen LogP) is 15.5. The Kier molecular flexibility index (Phi) is 6.99. The van der Waals surface area contributed by atoms with Crippen molar-refractivity contribution >= 4 is 56.1 Å². The molecule has 3 nitrogen and oxygen atoms in total. The summed E-state index contributed by atoms with van der Waals surface area (Å²) >= 11 is 0. The summed E-state index contributed by atoms with van der Waals surface area (Å²) < 4.78 is 6.84. The van der Waals surface area contributed by atoms with Crippen molar-refractivity contribution in [1.29, 1.82) is 0 Å². The Morgan fingerprint density at radius 2 is 1.03 bits per heavy atom. The third kappa shape index (κ3) is 4.53. The molecule has 2 aliphatic carbocycles. The maximum Gasteiger partial charge on any atom is 0.159 e. The van der Waals surface area contributed by atoms with Crippen LogP contribution in [-0.4, -0.2) is 0 Å². The summed E-state index contributed by atoms with van der Waals surface area (Å²) in [4.78, 5) is 4.90. The molecule has 0 radical (unpaired) electrons. The number of furan rings is 1. The number of anilines is 6.